The predicted octanol–water partition coefficient (Wildman–Crippen LogP) is 2.31. The Balaban J connectivity index is 2.71. The number of ether oxygens (including phenoxy) is 1. The van der Waals surface area contributed by atoms with Crippen molar-refractivity contribution in [3.63, 3.8) is 0 Å². The van der Waals surface area contributed by atoms with Crippen molar-refractivity contribution in [1.82, 2.24) is 0 Å². The minimum absolute atomic E-state index is 0.346. The van der Waals surface area contributed by atoms with Crippen LogP contribution in [0, 0.1) is 11.8 Å². The van der Waals surface area contributed by atoms with Gasteiger partial charge in [0, 0.05) is 11.0 Å². The van der Waals surface area contributed by atoms with Gasteiger partial charge < -0.3 is 4.74 Å². The lowest BCUT2D eigenvalue weighted by Crippen LogP contribution is -1.92. The molecule has 0 N–H and O–H groups in total. The molecule has 1 aromatic rings. The molecule has 3 heteroatoms. The van der Waals surface area contributed by atoms with Gasteiger partial charge >= 0.3 is 5.97 Å². The molecule has 0 bridgehead atoms. The molecule has 0 spiro atoms. The van der Waals surface area contributed by atoms with Gasteiger partial charge in [0.05, 0.1) is 12.0 Å². The number of carbonyl (C=O) groups is 1. The van der Waals surface area contributed by atoms with E-state index in [4.69, 9.17) is 0 Å². The zero-order valence-electron chi connectivity index (χ0n) is 8.03. The van der Waals surface area contributed by atoms with Crippen molar-refractivity contribution in [2.75, 3.05) is 7.11 Å². The fraction of sp³-hybridized carbons (Fsp3) is 0.182. The molecule has 1 aromatic heterocycles. The summed E-state index contributed by atoms with van der Waals surface area (Å²) in [7, 11) is 1.36. The maximum atomic E-state index is 10.8. The molecule has 0 aliphatic rings. The van der Waals surface area contributed by atoms with Crippen molar-refractivity contribution in [2.45, 2.75) is 6.92 Å². The zero-order chi connectivity index (χ0) is 10.4. The van der Waals surface area contributed by atoms with Crippen molar-refractivity contribution >= 4 is 23.4 Å². The Morgan fingerprint density at radius 3 is 3.00 bits per heavy atom. The molecule has 0 aromatic carbocycles. The van der Waals surface area contributed by atoms with E-state index in [1.165, 1.54) is 13.2 Å². The minimum atomic E-state index is -0.346. The Labute approximate surface area is 87.2 Å². The zero-order valence-corrected chi connectivity index (χ0v) is 8.85. The third-order valence-electron chi connectivity index (χ3n) is 1.46. The summed E-state index contributed by atoms with van der Waals surface area (Å²) in [5.74, 6) is 5.42. The molecule has 14 heavy (non-hydrogen) atoms. The van der Waals surface area contributed by atoms with Gasteiger partial charge in [-0.25, -0.2) is 4.79 Å². The Morgan fingerprint density at radius 2 is 2.36 bits per heavy atom. The van der Waals surface area contributed by atoms with E-state index in [1.54, 1.807) is 24.3 Å². The van der Waals surface area contributed by atoms with E-state index in [-0.39, 0.29) is 5.97 Å². The summed E-state index contributed by atoms with van der Waals surface area (Å²) in [6, 6.07) is 3.85. The van der Waals surface area contributed by atoms with Crippen LogP contribution in [0.25, 0.3) is 6.08 Å². The van der Waals surface area contributed by atoms with E-state index >= 15 is 0 Å². The molecule has 0 radical (unpaired) electrons. The molecular formula is C11H10O2S. The van der Waals surface area contributed by atoms with Crippen molar-refractivity contribution in [1.29, 1.82) is 0 Å². The standard InChI is InChI=1S/C11H10O2S/c1-3-4-9-5-6-10(14-9)7-8-11(12)13-2/h5-8H,1-2H3. The lowest BCUT2D eigenvalue weighted by Gasteiger charge is -1.87. The maximum absolute atomic E-state index is 10.8. The number of thiophene rings is 1. The lowest BCUT2D eigenvalue weighted by atomic mass is 10.4. The van der Waals surface area contributed by atoms with Gasteiger partial charge in [-0.3, -0.25) is 0 Å². The van der Waals surface area contributed by atoms with Gasteiger partial charge in [0.15, 0.2) is 0 Å². The fourth-order valence-corrected chi connectivity index (χ4v) is 1.67. The SMILES string of the molecule is CC#Cc1ccc(C=CC(=O)OC)s1. The van der Waals surface area contributed by atoms with Gasteiger partial charge in [0.1, 0.15) is 0 Å². The highest BCUT2D eigenvalue weighted by atomic mass is 32.1. The molecule has 0 aliphatic heterocycles. The second-order valence-electron chi connectivity index (χ2n) is 2.43. The highest BCUT2D eigenvalue weighted by molar-refractivity contribution is 7.13. The first-order chi connectivity index (χ1) is 6.76. The Morgan fingerprint density at radius 1 is 1.57 bits per heavy atom. The van der Waals surface area contributed by atoms with Crippen LogP contribution >= 0.6 is 11.3 Å². The quantitative estimate of drug-likeness (QED) is 0.421. The number of hydrogen-bond acceptors (Lipinski definition) is 3. The van der Waals surface area contributed by atoms with Crippen LogP contribution < -0.4 is 0 Å². The average molecular weight is 206 g/mol. The largest absolute Gasteiger partial charge is 0.466 e. The summed E-state index contributed by atoms with van der Waals surface area (Å²) < 4.78 is 4.48. The van der Waals surface area contributed by atoms with E-state index in [0.717, 1.165) is 9.75 Å². The van der Waals surface area contributed by atoms with Crippen LogP contribution in [-0.4, -0.2) is 13.1 Å². The summed E-state index contributed by atoms with van der Waals surface area (Å²) in [5, 5.41) is 0. The Hall–Kier alpha value is -1.53. The first kappa shape index (κ1) is 10.6. The van der Waals surface area contributed by atoms with Crippen molar-refractivity contribution in [3.8, 4) is 11.8 Å². The normalized spacial score (nSPS) is 9.57. The van der Waals surface area contributed by atoms with Gasteiger partial charge in [-0.1, -0.05) is 5.92 Å². The highest BCUT2D eigenvalue weighted by Crippen LogP contribution is 2.16. The second kappa shape index (κ2) is 5.25. The van der Waals surface area contributed by atoms with Crippen LogP contribution in [0.1, 0.15) is 16.7 Å². The van der Waals surface area contributed by atoms with Crippen LogP contribution in [-0.2, 0) is 9.53 Å². The Kier molecular flexibility index (Phi) is 3.96. The van der Waals surface area contributed by atoms with Gasteiger partial charge in [-0.2, -0.15) is 0 Å². The Bertz CT molecular complexity index is 404. The maximum Gasteiger partial charge on any atom is 0.330 e. The molecule has 0 unspecified atom stereocenters. The molecule has 0 saturated heterocycles. The van der Waals surface area contributed by atoms with Crippen LogP contribution in [0.5, 0.6) is 0 Å². The van der Waals surface area contributed by atoms with Crippen molar-refractivity contribution in [2.24, 2.45) is 0 Å². The number of hydrogen-bond donors (Lipinski definition) is 0. The van der Waals surface area contributed by atoms with E-state index in [9.17, 15) is 4.79 Å². The third kappa shape index (κ3) is 3.08. The molecule has 0 atom stereocenters. The number of carbonyl (C=O) groups excluding carboxylic acids is 1. The molecule has 0 saturated carbocycles. The second-order valence-corrected chi connectivity index (χ2v) is 3.55. The molecular weight excluding hydrogens is 196 g/mol. The summed E-state index contributed by atoms with van der Waals surface area (Å²) >= 11 is 1.54. The monoisotopic (exact) mass is 206 g/mol. The summed E-state index contributed by atoms with van der Waals surface area (Å²) in [4.78, 5) is 12.8. The fourth-order valence-electron chi connectivity index (χ4n) is 0.851. The predicted molar refractivity (Wildman–Crippen MR) is 57.9 cm³/mol. The molecule has 1 rings (SSSR count). The van der Waals surface area contributed by atoms with E-state index in [1.807, 2.05) is 12.1 Å². The first-order valence-electron chi connectivity index (χ1n) is 4.05. The van der Waals surface area contributed by atoms with Crippen LogP contribution in [0.3, 0.4) is 0 Å². The molecule has 1 heterocycles. The summed E-state index contributed by atoms with van der Waals surface area (Å²) in [5.41, 5.74) is 0. The van der Waals surface area contributed by atoms with Crippen molar-refractivity contribution in [3.05, 3.63) is 28.0 Å². The lowest BCUT2D eigenvalue weighted by molar-refractivity contribution is -0.134. The van der Waals surface area contributed by atoms with Gasteiger partial charge in [0.25, 0.3) is 0 Å². The highest BCUT2D eigenvalue weighted by Gasteiger charge is 1.95. The minimum Gasteiger partial charge on any atom is -0.466 e. The first-order valence-corrected chi connectivity index (χ1v) is 4.86. The topological polar surface area (TPSA) is 26.3 Å². The van der Waals surface area contributed by atoms with Crippen LogP contribution in [0.15, 0.2) is 18.2 Å². The van der Waals surface area contributed by atoms with E-state index < -0.39 is 0 Å². The van der Waals surface area contributed by atoms with Crippen molar-refractivity contribution < 1.29 is 9.53 Å². The number of rotatable bonds is 2. The number of esters is 1. The van der Waals surface area contributed by atoms with Crippen LogP contribution in [0.2, 0.25) is 0 Å². The van der Waals surface area contributed by atoms with E-state index in [0.29, 0.717) is 0 Å². The average Bonchev–Trinajstić information content (AvgIpc) is 2.63. The number of methoxy groups -OCH3 is 1. The van der Waals surface area contributed by atoms with Gasteiger partial charge in [-0.15, -0.1) is 17.3 Å². The smallest absolute Gasteiger partial charge is 0.330 e. The van der Waals surface area contributed by atoms with Gasteiger partial charge in [-0.05, 0) is 25.1 Å². The summed E-state index contributed by atoms with van der Waals surface area (Å²) in [6.45, 7) is 1.80. The third-order valence-corrected chi connectivity index (χ3v) is 2.43. The van der Waals surface area contributed by atoms with Gasteiger partial charge in [0.2, 0.25) is 0 Å². The molecule has 0 aliphatic carbocycles. The van der Waals surface area contributed by atoms with Crippen LogP contribution in [0.4, 0.5) is 0 Å². The molecule has 0 amide bonds. The molecule has 2 nitrogen and oxygen atoms in total. The molecule has 72 valence electrons. The van der Waals surface area contributed by atoms with E-state index in [2.05, 4.69) is 16.6 Å². The molecule has 0 fully saturated rings. The summed E-state index contributed by atoms with van der Waals surface area (Å²) in [6.07, 6.45) is 3.12.